The second-order valence-corrected chi connectivity index (χ2v) is 5.33. The molecule has 1 aromatic carbocycles. The van der Waals surface area contributed by atoms with Crippen molar-refractivity contribution in [2.24, 2.45) is 0 Å². The molecule has 0 bridgehead atoms. The smallest absolute Gasteiger partial charge is 0.199 e. The van der Waals surface area contributed by atoms with E-state index in [1.165, 1.54) is 0 Å². The van der Waals surface area contributed by atoms with E-state index in [9.17, 15) is 0 Å². The van der Waals surface area contributed by atoms with E-state index in [2.05, 4.69) is 26.1 Å². The monoisotopic (exact) mass is 331 g/mol. The van der Waals surface area contributed by atoms with Gasteiger partial charge in [-0.05, 0) is 52.8 Å². The number of aromatic amines is 1. The Labute approximate surface area is 118 Å². The molecule has 0 radical (unpaired) electrons. The van der Waals surface area contributed by atoms with E-state index >= 15 is 0 Å². The molecular weight excluding hydrogens is 322 g/mol. The molecule has 3 nitrogen and oxygen atoms in total. The third-order valence-corrected chi connectivity index (χ3v) is 3.84. The normalized spacial score (nSPS) is 10.8. The topological polar surface area (TPSA) is 33.6 Å². The molecule has 2 rings (SSSR count). The van der Waals surface area contributed by atoms with Crippen molar-refractivity contribution in [1.29, 1.82) is 0 Å². The molecule has 0 saturated carbocycles. The van der Waals surface area contributed by atoms with Gasteiger partial charge in [0, 0.05) is 15.9 Å². The number of aryl methyl sites for hydroxylation is 2. The lowest BCUT2D eigenvalue weighted by Crippen LogP contribution is -2.01. The summed E-state index contributed by atoms with van der Waals surface area (Å²) in [5.41, 5.74) is 1.94. The third-order valence-electron chi connectivity index (χ3n) is 2.53. The largest absolute Gasteiger partial charge is 0.271 e. The average molecular weight is 333 g/mol. The van der Waals surface area contributed by atoms with Crippen LogP contribution in [0.25, 0.3) is 5.69 Å². The Bertz CT molecular complexity index is 618. The van der Waals surface area contributed by atoms with Crippen LogP contribution in [-0.4, -0.2) is 14.8 Å². The summed E-state index contributed by atoms with van der Waals surface area (Å²) in [6, 6.07) is 3.87. The number of halogens is 2. The number of hydrogen-bond donors (Lipinski definition) is 1. The number of benzene rings is 1. The highest BCUT2D eigenvalue weighted by Gasteiger charge is 2.11. The van der Waals surface area contributed by atoms with E-state index in [0.717, 1.165) is 28.0 Å². The van der Waals surface area contributed by atoms with Crippen molar-refractivity contribution in [1.82, 2.24) is 14.8 Å². The highest BCUT2D eigenvalue weighted by atomic mass is 79.9. The summed E-state index contributed by atoms with van der Waals surface area (Å²) < 4.78 is 3.42. The van der Waals surface area contributed by atoms with Crippen molar-refractivity contribution in [3.63, 3.8) is 0 Å². The molecule has 0 aliphatic heterocycles. The van der Waals surface area contributed by atoms with Crippen LogP contribution in [-0.2, 0) is 6.42 Å². The zero-order valence-electron chi connectivity index (χ0n) is 9.42. The molecule has 0 saturated heterocycles. The van der Waals surface area contributed by atoms with E-state index < -0.39 is 0 Å². The fourth-order valence-electron chi connectivity index (χ4n) is 1.62. The maximum Gasteiger partial charge on any atom is 0.199 e. The van der Waals surface area contributed by atoms with Crippen LogP contribution in [0.15, 0.2) is 16.6 Å². The molecule has 0 spiro atoms. The van der Waals surface area contributed by atoms with Gasteiger partial charge in [0.15, 0.2) is 4.77 Å². The molecule has 0 atom stereocenters. The van der Waals surface area contributed by atoms with Crippen LogP contribution in [0.4, 0.5) is 0 Å². The molecule has 0 unspecified atom stereocenters. The predicted molar refractivity (Wildman–Crippen MR) is 75.6 cm³/mol. The van der Waals surface area contributed by atoms with Crippen molar-refractivity contribution < 1.29 is 0 Å². The molecule has 1 aromatic heterocycles. The first kappa shape index (κ1) is 12.8. The van der Waals surface area contributed by atoms with Crippen LogP contribution in [0, 0.1) is 11.7 Å². The van der Waals surface area contributed by atoms with E-state index in [0.29, 0.717) is 9.79 Å². The fourth-order valence-corrected chi connectivity index (χ4v) is 2.66. The molecule has 6 heteroatoms. The number of rotatable bonds is 2. The fraction of sp³-hybridized carbons (Fsp3) is 0.273. The van der Waals surface area contributed by atoms with Gasteiger partial charge in [0.05, 0.1) is 5.69 Å². The number of hydrogen-bond acceptors (Lipinski definition) is 2. The van der Waals surface area contributed by atoms with E-state index in [1.807, 2.05) is 30.5 Å². The van der Waals surface area contributed by atoms with Gasteiger partial charge in [-0.3, -0.25) is 9.67 Å². The lowest BCUT2D eigenvalue weighted by molar-refractivity contribution is 0.877. The van der Waals surface area contributed by atoms with Crippen molar-refractivity contribution in [3.8, 4) is 5.69 Å². The van der Waals surface area contributed by atoms with Gasteiger partial charge in [0.2, 0.25) is 0 Å². The summed E-state index contributed by atoms with van der Waals surface area (Å²) in [5, 5.41) is 7.70. The first-order valence-corrected chi connectivity index (χ1v) is 6.74. The van der Waals surface area contributed by atoms with Gasteiger partial charge in [0.1, 0.15) is 5.82 Å². The Hall–Kier alpha value is -0.650. The van der Waals surface area contributed by atoms with Crippen LogP contribution in [0.1, 0.15) is 18.3 Å². The molecule has 0 fully saturated rings. The lowest BCUT2D eigenvalue weighted by atomic mass is 10.2. The Morgan fingerprint density at radius 2 is 2.24 bits per heavy atom. The molecule has 1 heterocycles. The summed E-state index contributed by atoms with van der Waals surface area (Å²) in [6.45, 7) is 4.00. The van der Waals surface area contributed by atoms with Crippen LogP contribution in [0.5, 0.6) is 0 Å². The highest BCUT2D eigenvalue weighted by molar-refractivity contribution is 9.10. The van der Waals surface area contributed by atoms with Gasteiger partial charge in [0.25, 0.3) is 0 Å². The van der Waals surface area contributed by atoms with Crippen molar-refractivity contribution in [2.75, 3.05) is 0 Å². The maximum absolute atomic E-state index is 6.15. The lowest BCUT2D eigenvalue weighted by Gasteiger charge is -2.10. The molecule has 1 N–H and O–H groups in total. The minimum absolute atomic E-state index is 0.572. The summed E-state index contributed by atoms with van der Waals surface area (Å²) in [5.74, 6) is 0.885. The van der Waals surface area contributed by atoms with Gasteiger partial charge in [-0.1, -0.05) is 18.5 Å². The van der Waals surface area contributed by atoms with Crippen LogP contribution in [0.3, 0.4) is 0 Å². The second kappa shape index (κ2) is 4.92. The zero-order valence-corrected chi connectivity index (χ0v) is 12.6. The maximum atomic E-state index is 6.15. The van der Waals surface area contributed by atoms with E-state index in [4.69, 9.17) is 23.8 Å². The second-order valence-electron chi connectivity index (χ2n) is 3.69. The number of aromatic nitrogens is 3. The predicted octanol–water partition coefficient (Wildman–Crippen LogP) is 4.22. The van der Waals surface area contributed by atoms with Crippen LogP contribution >= 0.6 is 39.7 Å². The molecular formula is C11H11BrClN3S. The van der Waals surface area contributed by atoms with Crippen LogP contribution < -0.4 is 0 Å². The highest BCUT2D eigenvalue weighted by Crippen LogP contribution is 2.28. The minimum atomic E-state index is 0.572. The molecule has 0 aliphatic carbocycles. The third kappa shape index (κ3) is 2.32. The molecule has 0 aliphatic rings. The Balaban J connectivity index is 2.72. The Morgan fingerprint density at radius 3 is 2.88 bits per heavy atom. The molecule has 17 heavy (non-hydrogen) atoms. The average Bonchev–Trinajstić information content (AvgIpc) is 2.65. The summed E-state index contributed by atoms with van der Waals surface area (Å²) in [4.78, 5) is 0. The van der Waals surface area contributed by atoms with Crippen molar-refractivity contribution in [2.45, 2.75) is 20.3 Å². The molecule has 90 valence electrons. The standard InChI is InChI=1S/C11H11BrClN3S/c1-3-10-14-15-11(17)16(10)9-5-8(13)6(2)4-7(9)12/h4-5H,3H2,1-2H3,(H,15,17). The molecule has 2 aromatic rings. The van der Waals surface area contributed by atoms with Crippen molar-refractivity contribution in [3.05, 3.63) is 37.8 Å². The zero-order chi connectivity index (χ0) is 12.6. The van der Waals surface area contributed by atoms with Gasteiger partial charge < -0.3 is 0 Å². The van der Waals surface area contributed by atoms with Gasteiger partial charge in [-0.2, -0.15) is 5.10 Å². The quantitative estimate of drug-likeness (QED) is 0.836. The number of H-pyrrole nitrogens is 1. The van der Waals surface area contributed by atoms with E-state index in [-0.39, 0.29) is 0 Å². The van der Waals surface area contributed by atoms with Gasteiger partial charge >= 0.3 is 0 Å². The van der Waals surface area contributed by atoms with E-state index in [1.54, 1.807) is 0 Å². The van der Waals surface area contributed by atoms with Gasteiger partial charge in [-0.25, -0.2) is 0 Å². The summed E-state index contributed by atoms with van der Waals surface area (Å²) in [7, 11) is 0. The summed E-state index contributed by atoms with van der Waals surface area (Å²) in [6.07, 6.45) is 0.797. The number of nitrogens with one attached hydrogen (secondary N) is 1. The summed E-state index contributed by atoms with van der Waals surface area (Å²) >= 11 is 14.9. The Kier molecular flexibility index (Phi) is 3.70. The minimum Gasteiger partial charge on any atom is -0.271 e. The number of nitrogens with zero attached hydrogens (tertiary/aromatic N) is 2. The first-order chi connectivity index (χ1) is 8.04. The van der Waals surface area contributed by atoms with Crippen LogP contribution in [0.2, 0.25) is 5.02 Å². The Morgan fingerprint density at radius 1 is 1.53 bits per heavy atom. The first-order valence-electron chi connectivity index (χ1n) is 5.17. The van der Waals surface area contributed by atoms with Crippen molar-refractivity contribution >= 4 is 39.7 Å². The van der Waals surface area contributed by atoms with Gasteiger partial charge in [-0.15, -0.1) is 0 Å². The SMILES string of the molecule is CCc1n[nH]c(=S)n1-c1cc(Cl)c(C)cc1Br. The molecule has 0 amide bonds.